The Morgan fingerprint density at radius 3 is 1.51 bits per heavy atom. The zero-order valence-electron chi connectivity index (χ0n) is 28.9. The van der Waals surface area contributed by atoms with E-state index >= 15 is 0 Å². The molecule has 3 heteroatoms. The molecule has 1 aromatic heterocycles. The fraction of sp³-hybridized carbons (Fsp3) is 0. The quantitative estimate of drug-likeness (QED) is 0.164. The molecule has 1 heterocycles. The van der Waals surface area contributed by atoms with Crippen LogP contribution in [0.25, 0.3) is 53.5 Å². The predicted molar refractivity (Wildman–Crippen MR) is 229 cm³/mol. The Labute approximate surface area is 313 Å². The topological polar surface area (TPSA) is 6.48 Å². The molecule has 53 heavy (non-hydrogen) atoms. The Balaban J connectivity index is 1.04. The molecule has 0 saturated carbocycles. The van der Waals surface area contributed by atoms with E-state index in [0.29, 0.717) is 0 Å². The first kappa shape index (κ1) is 31.1. The Morgan fingerprint density at radius 2 is 0.811 bits per heavy atom. The molecule has 0 aliphatic heterocycles. The number of hydrogen-bond donors (Lipinski definition) is 0. The van der Waals surface area contributed by atoms with Gasteiger partial charge >= 0.3 is 0 Å². The van der Waals surface area contributed by atoms with Crippen molar-refractivity contribution in [1.29, 1.82) is 0 Å². The largest absolute Gasteiger partial charge is 0.310 e. The summed E-state index contributed by atoms with van der Waals surface area (Å²) in [5.74, 6) is 0. The third-order valence-electron chi connectivity index (χ3n) is 10.2. The number of nitrogens with zero attached hydrogens (tertiary/aromatic N) is 2. The zero-order valence-corrected chi connectivity index (χ0v) is 29.7. The molecule has 0 spiro atoms. The SMILES string of the molecule is c1ccc(N(c2ccc3ccccc3c2)c2ccc(-c3ccc4cc(N(c5ccc6ccccc6c5)c5cccc6ccccc56)ccc4c3)s2)cc1. The van der Waals surface area contributed by atoms with Gasteiger partial charge in [-0.3, -0.25) is 0 Å². The van der Waals surface area contributed by atoms with Crippen LogP contribution < -0.4 is 9.80 Å². The lowest BCUT2D eigenvalue weighted by atomic mass is 10.0. The number of fused-ring (bicyclic) bond motifs is 4. The number of thiophene rings is 1. The van der Waals surface area contributed by atoms with Crippen LogP contribution in [0, 0.1) is 0 Å². The highest BCUT2D eigenvalue weighted by Gasteiger charge is 2.18. The summed E-state index contributed by atoms with van der Waals surface area (Å²) < 4.78 is 0. The smallest absolute Gasteiger partial charge is 0.101 e. The van der Waals surface area contributed by atoms with E-state index in [-0.39, 0.29) is 0 Å². The van der Waals surface area contributed by atoms with Crippen LogP contribution in [-0.4, -0.2) is 0 Å². The normalized spacial score (nSPS) is 11.4. The van der Waals surface area contributed by atoms with Crippen LogP contribution in [0.1, 0.15) is 0 Å². The van der Waals surface area contributed by atoms with Crippen LogP contribution in [-0.2, 0) is 0 Å². The summed E-state index contributed by atoms with van der Waals surface area (Å²) in [7, 11) is 0. The second-order valence-electron chi connectivity index (χ2n) is 13.5. The summed E-state index contributed by atoms with van der Waals surface area (Å²) in [6.45, 7) is 0. The van der Waals surface area contributed by atoms with Gasteiger partial charge in [-0.05, 0) is 116 Å². The number of para-hydroxylation sites is 1. The third-order valence-corrected chi connectivity index (χ3v) is 11.3. The van der Waals surface area contributed by atoms with Crippen molar-refractivity contribution < 1.29 is 0 Å². The van der Waals surface area contributed by atoms with Crippen molar-refractivity contribution in [2.45, 2.75) is 0 Å². The van der Waals surface area contributed by atoms with Gasteiger partial charge in [-0.15, -0.1) is 11.3 Å². The summed E-state index contributed by atoms with van der Waals surface area (Å²) in [6, 6.07) is 74.8. The minimum Gasteiger partial charge on any atom is -0.310 e. The molecular formula is C50H34N2S. The first-order valence-electron chi connectivity index (χ1n) is 18.0. The summed E-state index contributed by atoms with van der Waals surface area (Å²) in [5.41, 5.74) is 6.94. The third kappa shape index (κ3) is 5.78. The lowest BCUT2D eigenvalue weighted by Gasteiger charge is -2.27. The molecule has 0 unspecified atom stereocenters. The Bertz CT molecular complexity index is 2920. The van der Waals surface area contributed by atoms with E-state index in [2.05, 4.69) is 216 Å². The maximum Gasteiger partial charge on any atom is 0.101 e. The standard InChI is InChI=1S/C50H34N2S/c1-2-17-43(18-3-1)52(46-27-24-36-12-5-7-15-39(36)33-46)50-30-29-49(53-50)42-22-21-41-34-45(28-25-40(41)31-42)51(44-26-23-35-11-4-6-14-38(35)32-44)48-20-10-16-37-13-8-9-19-47(37)48/h1-34H. The molecule has 0 aliphatic rings. The molecule has 10 aromatic rings. The average Bonchev–Trinajstić information content (AvgIpc) is 3.71. The van der Waals surface area contributed by atoms with Crippen molar-refractivity contribution >= 4 is 87.9 Å². The maximum absolute atomic E-state index is 2.40. The molecule has 0 aliphatic carbocycles. The van der Waals surface area contributed by atoms with Crippen molar-refractivity contribution in [3.63, 3.8) is 0 Å². The Morgan fingerprint density at radius 1 is 0.302 bits per heavy atom. The van der Waals surface area contributed by atoms with E-state index in [9.17, 15) is 0 Å². The number of rotatable bonds is 7. The van der Waals surface area contributed by atoms with Gasteiger partial charge < -0.3 is 9.80 Å². The van der Waals surface area contributed by atoms with Crippen molar-refractivity contribution in [3.8, 4) is 10.4 Å². The minimum absolute atomic E-state index is 1.13. The predicted octanol–water partition coefficient (Wildman–Crippen LogP) is 15.0. The molecule has 0 N–H and O–H groups in total. The van der Waals surface area contributed by atoms with Gasteiger partial charge in [-0.1, -0.05) is 133 Å². The van der Waals surface area contributed by atoms with Crippen molar-refractivity contribution in [2.24, 2.45) is 0 Å². The summed E-state index contributed by atoms with van der Waals surface area (Å²) in [6.07, 6.45) is 0. The molecule has 0 bridgehead atoms. The highest BCUT2D eigenvalue weighted by molar-refractivity contribution is 7.19. The fourth-order valence-electron chi connectivity index (χ4n) is 7.57. The number of anilines is 6. The van der Waals surface area contributed by atoms with Gasteiger partial charge in [0.1, 0.15) is 5.00 Å². The van der Waals surface area contributed by atoms with E-state index in [1.807, 2.05) is 11.3 Å². The first-order chi connectivity index (χ1) is 26.2. The molecule has 9 aromatic carbocycles. The minimum atomic E-state index is 1.13. The zero-order chi connectivity index (χ0) is 35.1. The van der Waals surface area contributed by atoms with Crippen molar-refractivity contribution in [3.05, 3.63) is 206 Å². The van der Waals surface area contributed by atoms with Gasteiger partial charge in [-0.2, -0.15) is 0 Å². The number of hydrogen-bond acceptors (Lipinski definition) is 3. The molecule has 0 saturated heterocycles. The molecule has 0 atom stereocenters. The van der Waals surface area contributed by atoms with Gasteiger partial charge in [0, 0.05) is 33.0 Å². The molecule has 0 radical (unpaired) electrons. The van der Waals surface area contributed by atoms with Crippen molar-refractivity contribution in [1.82, 2.24) is 0 Å². The molecule has 0 amide bonds. The molecule has 250 valence electrons. The van der Waals surface area contributed by atoms with E-state index in [0.717, 1.165) is 28.4 Å². The second kappa shape index (κ2) is 13.1. The van der Waals surface area contributed by atoms with E-state index in [4.69, 9.17) is 0 Å². The highest BCUT2D eigenvalue weighted by atomic mass is 32.1. The highest BCUT2D eigenvalue weighted by Crippen LogP contribution is 2.44. The van der Waals surface area contributed by atoms with Crippen LogP contribution in [0.4, 0.5) is 33.4 Å². The molecule has 10 rings (SSSR count). The maximum atomic E-state index is 2.40. The van der Waals surface area contributed by atoms with E-state index in [1.54, 1.807) is 0 Å². The van der Waals surface area contributed by atoms with E-state index < -0.39 is 0 Å². The Kier molecular flexibility index (Phi) is 7.71. The van der Waals surface area contributed by atoms with Gasteiger partial charge in [0.2, 0.25) is 0 Å². The lowest BCUT2D eigenvalue weighted by Crippen LogP contribution is -2.10. The van der Waals surface area contributed by atoms with Gasteiger partial charge in [0.25, 0.3) is 0 Å². The average molecular weight is 695 g/mol. The van der Waals surface area contributed by atoms with Crippen LogP contribution in [0.2, 0.25) is 0 Å². The van der Waals surface area contributed by atoms with Gasteiger partial charge in [0.05, 0.1) is 5.69 Å². The van der Waals surface area contributed by atoms with Crippen LogP contribution in [0.15, 0.2) is 206 Å². The van der Waals surface area contributed by atoms with Crippen LogP contribution in [0.5, 0.6) is 0 Å². The van der Waals surface area contributed by atoms with Gasteiger partial charge in [0.15, 0.2) is 0 Å². The van der Waals surface area contributed by atoms with Crippen LogP contribution in [0.3, 0.4) is 0 Å². The molecular weight excluding hydrogens is 661 g/mol. The number of benzene rings is 9. The van der Waals surface area contributed by atoms with Crippen molar-refractivity contribution in [2.75, 3.05) is 9.80 Å². The lowest BCUT2D eigenvalue weighted by molar-refractivity contribution is 1.31. The fourth-order valence-corrected chi connectivity index (χ4v) is 8.62. The van der Waals surface area contributed by atoms with E-state index in [1.165, 1.54) is 58.5 Å². The molecule has 0 fully saturated rings. The summed E-state index contributed by atoms with van der Waals surface area (Å²) in [4.78, 5) is 6.00. The Hall–Kier alpha value is -6.68. The molecule has 2 nitrogen and oxygen atoms in total. The summed E-state index contributed by atoms with van der Waals surface area (Å²) >= 11 is 1.82. The van der Waals surface area contributed by atoms with Crippen LogP contribution >= 0.6 is 11.3 Å². The van der Waals surface area contributed by atoms with Gasteiger partial charge in [-0.25, -0.2) is 0 Å². The summed E-state index contributed by atoms with van der Waals surface area (Å²) in [5, 5.41) is 11.0. The first-order valence-corrected chi connectivity index (χ1v) is 18.8. The monoisotopic (exact) mass is 694 g/mol. The second-order valence-corrected chi connectivity index (χ2v) is 14.5.